The number of carboxylic acid groups (broad SMARTS) is 1. The largest absolute Gasteiger partial charge is 0.478 e. The van der Waals surface area contributed by atoms with Crippen LogP contribution in [0.15, 0.2) is 18.2 Å². The quantitative estimate of drug-likeness (QED) is 0.689. The van der Waals surface area contributed by atoms with Crippen molar-refractivity contribution in [2.45, 2.75) is 25.4 Å². The van der Waals surface area contributed by atoms with Gasteiger partial charge in [0.2, 0.25) is 0 Å². The second kappa shape index (κ2) is 4.49. The first-order chi connectivity index (χ1) is 8.39. The molecular formula is C13H18N2O3. The van der Waals surface area contributed by atoms with Gasteiger partial charge in [0.25, 0.3) is 0 Å². The SMILES string of the molecule is CC1(O)CCN(c2ccc(C(=O)O)cc2N)CC1. The lowest BCUT2D eigenvalue weighted by molar-refractivity contribution is 0.0351. The summed E-state index contributed by atoms with van der Waals surface area (Å²) in [6, 6.07) is 4.77. The highest BCUT2D eigenvalue weighted by Crippen LogP contribution is 2.30. The first-order valence-corrected chi connectivity index (χ1v) is 5.99. The van der Waals surface area contributed by atoms with Gasteiger partial charge in [0.05, 0.1) is 22.5 Å². The number of benzene rings is 1. The molecule has 2 rings (SSSR count). The van der Waals surface area contributed by atoms with Gasteiger partial charge in [-0.1, -0.05) is 0 Å². The van der Waals surface area contributed by atoms with Crippen molar-refractivity contribution in [3.05, 3.63) is 23.8 Å². The molecule has 1 aromatic rings. The van der Waals surface area contributed by atoms with Crippen LogP contribution >= 0.6 is 0 Å². The Morgan fingerprint density at radius 3 is 2.50 bits per heavy atom. The topological polar surface area (TPSA) is 86.8 Å². The fourth-order valence-corrected chi connectivity index (χ4v) is 2.20. The molecule has 0 unspecified atom stereocenters. The first-order valence-electron chi connectivity index (χ1n) is 5.99. The predicted molar refractivity (Wildman–Crippen MR) is 69.9 cm³/mol. The molecule has 5 heteroatoms. The smallest absolute Gasteiger partial charge is 0.335 e. The molecule has 0 bridgehead atoms. The van der Waals surface area contributed by atoms with Crippen molar-refractivity contribution in [3.8, 4) is 0 Å². The third kappa shape index (κ3) is 2.56. The summed E-state index contributed by atoms with van der Waals surface area (Å²) in [7, 11) is 0. The van der Waals surface area contributed by atoms with Crippen molar-refractivity contribution < 1.29 is 15.0 Å². The zero-order valence-electron chi connectivity index (χ0n) is 10.4. The van der Waals surface area contributed by atoms with E-state index in [1.807, 2.05) is 6.92 Å². The monoisotopic (exact) mass is 250 g/mol. The molecule has 1 aromatic carbocycles. The Bertz CT molecular complexity index is 461. The van der Waals surface area contributed by atoms with Crippen molar-refractivity contribution in [3.63, 3.8) is 0 Å². The number of hydrogen-bond acceptors (Lipinski definition) is 4. The van der Waals surface area contributed by atoms with E-state index in [0.29, 0.717) is 18.5 Å². The van der Waals surface area contributed by atoms with Gasteiger partial charge in [-0.05, 0) is 38.0 Å². The number of aromatic carboxylic acids is 1. The lowest BCUT2D eigenvalue weighted by atomic mass is 9.93. The maximum absolute atomic E-state index is 10.8. The normalized spacial score (nSPS) is 18.7. The highest BCUT2D eigenvalue weighted by Gasteiger charge is 2.28. The standard InChI is InChI=1S/C13H18N2O3/c1-13(18)4-6-15(7-5-13)11-3-2-9(12(16)17)8-10(11)14/h2-3,8,18H,4-7,14H2,1H3,(H,16,17). The van der Waals surface area contributed by atoms with Crippen LogP contribution in [0.4, 0.5) is 11.4 Å². The summed E-state index contributed by atoms with van der Waals surface area (Å²) in [4.78, 5) is 12.9. The van der Waals surface area contributed by atoms with Crippen molar-refractivity contribution in [1.29, 1.82) is 0 Å². The van der Waals surface area contributed by atoms with Gasteiger partial charge < -0.3 is 20.8 Å². The average molecular weight is 250 g/mol. The van der Waals surface area contributed by atoms with Crippen molar-refractivity contribution in [2.75, 3.05) is 23.7 Å². The van der Waals surface area contributed by atoms with Gasteiger partial charge in [-0.2, -0.15) is 0 Å². The Hall–Kier alpha value is -1.75. The number of nitrogens with zero attached hydrogens (tertiary/aromatic N) is 1. The molecule has 0 radical (unpaired) electrons. The summed E-state index contributed by atoms with van der Waals surface area (Å²) in [6.45, 7) is 3.29. The predicted octanol–water partition coefficient (Wildman–Crippen LogP) is 1.32. The maximum Gasteiger partial charge on any atom is 0.335 e. The number of anilines is 2. The Morgan fingerprint density at radius 1 is 1.39 bits per heavy atom. The lowest BCUT2D eigenvalue weighted by Gasteiger charge is -2.37. The highest BCUT2D eigenvalue weighted by molar-refractivity contribution is 5.90. The number of hydrogen-bond donors (Lipinski definition) is 3. The first kappa shape index (κ1) is 12.7. The van der Waals surface area contributed by atoms with E-state index >= 15 is 0 Å². The fraction of sp³-hybridized carbons (Fsp3) is 0.462. The number of piperidine rings is 1. The van der Waals surface area contributed by atoms with E-state index in [-0.39, 0.29) is 5.56 Å². The molecule has 0 spiro atoms. The van der Waals surface area contributed by atoms with Crippen LogP contribution in [0.1, 0.15) is 30.1 Å². The Kier molecular flexibility index (Phi) is 3.17. The summed E-state index contributed by atoms with van der Waals surface area (Å²) in [5.74, 6) is -0.977. The number of carboxylic acids is 1. The summed E-state index contributed by atoms with van der Waals surface area (Å²) in [5, 5.41) is 18.8. The maximum atomic E-state index is 10.8. The molecule has 0 aliphatic carbocycles. The van der Waals surface area contributed by atoms with Crippen LogP contribution in [-0.2, 0) is 0 Å². The molecule has 18 heavy (non-hydrogen) atoms. The van der Waals surface area contributed by atoms with E-state index in [2.05, 4.69) is 4.90 Å². The van der Waals surface area contributed by atoms with Crippen LogP contribution in [0.2, 0.25) is 0 Å². The molecule has 0 aromatic heterocycles. The molecule has 98 valence electrons. The van der Waals surface area contributed by atoms with Crippen LogP contribution in [0.5, 0.6) is 0 Å². The summed E-state index contributed by atoms with van der Waals surface area (Å²) < 4.78 is 0. The lowest BCUT2D eigenvalue weighted by Crippen LogP contribution is -2.42. The molecule has 5 nitrogen and oxygen atoms in total. The Labute approximate surface area is 106 Å². The minimum Gasteiger partial charge on any atom is -0.478 e. The molecule has 0 saturated carbocycles. The van der Waals surface area contributed by atoms with Gasteiger partial charge >= 0.3 is 5.97 Å². The molecule has 1 aliphatic heterocycles. The fourth-order valence-electron chi connectivity index (χ4n) is 2.20. The minimum absolute atomic E-state index is 0.195. The molecule has 1 saturated heterocycles. The third-order valence-corrected chi connectivity index (χ3v) is 3.46. The Balaban J connectivity index is 2.17. The molecule has 1 fully saturated rings. The molecule has 0 amide bonds. The van der Waals surface area contributed by atoms with E-state index < -0.39 is 11.6 Å². The van der Waals surface area contributed by atoms with E-state index in [4.69, 9.17) is 10.8 Å². The number of nitrogen functional groups attached to an aromatic ring is 1. The average Bonchev–Trinajstić information content (AvgIpc) is 2.29. The van der Waals surface area contributed by atoms with Gasteiger partial charge in [0.1, 0.15) is 0 Å². The number of aliphatic hydroxyl groups is 1. The van der Waals surface area contributed by atoms with E-state index in [1.165, 1.54) is 6.07 Å². The van der Waals surface area contributed by atoms with Crippen molar-refractivity contribution >= 4 is 17.3 Å². The molecule has 0 atom stereocenters. The zero-order chi connectivity index (χ0) is 13.3. The van der Waals surface area contributed by atoms with E-state index in [1.54, 1.807) is 12.1 Å². The number of rotatable bonds is 2. The van der Waals surface area contributed by atoms with E-state index in [9.17, 15) is 9.90 Å². The minimum atomic E-state index is -0.977. The van der Waals surface area contributed by atoms with Gasteiger partial charge in [-0.3, -0.25) is 0 Å². The molecule has 4 N–H and O–H groups in total. The summed E-state index contributed by atoms with van der Waals surface area (Å²) in [5.41, 5.74) is 6.79. The van der Waals surface area contributed by atoms with Crippen molar-refractivity contribution in [1.82, 2.24) is 0 Å². The number of carbonyl (C=O) groups is 1. The third-order valence-electron chi connectivity index (χ3n) is 3.46. The summed E-state index contributed by atoms with van der Waals surface area (Å²) >= 11 is 0. The van der Waals surface area contributed by atoms with Gasteiger partial charge in [-0.15, -0.1) is 0 Å². The van der Waals surface area contributed by atoms with E-state index in [0.717, 1.165) is 18.8 Å². The van der Waals surface area contributed by atoms with Crippen LogP contribution < -0.4 is 10.6 Å². The molecular weight excluding hydrogens is 232 g/mol. The van der Waals surface area contributed by atoms with Crippen LogP contribution in [-0.4, -0.2) is 34.9 Å². The van der Waals surface area contributed by atoms with Gasteiger partial charge in [-0.25, -0.2) is 4.79 Å². The molecule has 1 heterocycles. The van der Waals surface area contributed by atoms with Crippen LogP contribution in [0, 0.1) is 0 Å². The summed E-state index contributed by atoms with van der Waals surface area (Å²) in [6.07, 6.45) is 1.38. The van der Waals surface area contributed by atoms with Crippen molar-refractivity contribution in [2.24, 2.45) is 0 Å². The molecule has 1 aliphatic rings. The second-order valence-corrected chi connectivity index (χ2v) is 5.06. The Morgan fingerprint density at radius 2 is 2.00 bits per heavy atom. The van der Waals surface area contributed by atoms with Gasteiger partial charge in [0.15, 0.2) is 0 Å². The van der Waals surface area contributed by atoms with Gasteiger partial charge in [0, 0.05) is 13.1 Å². The second-order valence-electron chi connectivity index (χ2n) is 5.06. The zero-order valence-corrected chi connectivity index (χ0v) is 10.4. The van der Waals surface area contributed by atoms with Crippen LogP contribution in [0.25, 0.3) is 0 Å². The number of nitrogens with two attached hydrogens (primary N) is 1. The highest BCUT2D eigenvalue weighted by atomic mass is 16.4. The van der Waals surface area contributed by atoms with Crippen LogP contribution in [0.3, 0.4) is 0 Å².